The van der Waals surface area contributed by atoms with E-state index in [1.807, 2.05) is 19.1 Å². The SMILES string of the molecule is CCN(Cc1ccc2c(c1)OCO2)C(=O)CN1C(=O)NC(C)(C)C1=O. The molecule has 8 heteroatoms. The quantitative estimate of drug-likeness (QED) is 0.806. The van der Waals surface area contributed by atoms with Crippen molar-refractivity contribution in [2.75, 3.05) is 19.9 Å². The Balaban J connectivity index is 1.68. The minimum atomic E-state index is -0.980. The molecule has 0 aliphatic carbocycles. The summed E-state index contributed by atoms with van der Waals surface area (Å²) in [6.45, 7) is 5.81. The summed E-state index contributed by atoms with van der Waals surface area (Å²) in [5.41, 5.74) is -0.0943. The van der Waals surface area contributed by atoms with Crippen LogP contribution in [0.5, 0.6) is 11.5 Å². The number of ether oxygens (including phenoxy) is 2. The minimum Gasteiger partial charge on any atom is -0.454 e. The predicted octanol–water partition coefficient (Wildman–Crippen LogP) is 1.09. The molecule has 8 nitrogen and oxygen atoms in total. The average molecular weight is 347 g/mol. The first-order chi connectivity index (χ1) is 11.8. The number of hydrogen-bond acceptors (Lipinski definition) is 5. The third kappa shape index (κ3) is 3.24. The highest BCUT2D eigenvalue weighted by Gasteiger charge is 2.45. The topological polar surface area (TPSA) is 88.2 Å². The lowest BCUT2D eigenvalue weighted by Gasteiger charge is -2.23. The highest BCUT2D eigenvalue weighted by atomic mass is 16.7. The van der Waals surface area contributed by atoms with Gasteiger partial charge in [0.15, 0.2) is 11.5 Å². The van der Waals surface area contributed by atoms with Crippen LogP contribution < -0.4 is 14.8 Å². The summed E-state index contributed by atoms with van der Waals surface area (Å²) < 4.78 is 10.6. The Morgan fingerprint density at radius 2 is 2.00 bits per heavy atom. The van der Waals surface area contributed by atoms with Crippen LogP contribution in [0.3, 0.4) is 0 Å². The molecular weight excluding hydrogens is 326 g/mol. The highest BCUT2D eigenvalue weighted by molar-refractivity contribution is 6.08. The van der Waals surface area contributed by atoms with Crippen LogP contribution in [0.1, 0.15) is 26.3 Å². The lowest BCUT2D eigenvalue weighted by molar-refractivity contribution is -0.138. The van der Waals surface area contributed by atoms with Crippen molar-refractivity contribution in [3.05, 3.63) is 23.8 Å². The molecule has 1 N–H and O–H groups in total. The molecule has 0 saturated carbocycles. The molecule has 3 rings (SSSR count). The predicted molar refractivity (Wildman–Crippen MR) is 88.0 cm³/mol. The van der Waals surface area contributed by atoms with E-state index in [0.29, 0.717) is 24.6 Å². The van der Waals surface area contributed by atoms with E-state index in [0.717, 1.165) is 10.5 Å². The Bertz CT molecular complexity index is 731. The second-order valence-electron chi connectivity index (χ2n) is 6.54. The van der Waals surface area contributed by atoms with Gasteiger partial charge in [-0.05, 0) is 38.5 Å². The Kier molecular flexibility index (Phi) is 4.28. The van der Waals surface area contributed by atoms with E-state index in [-0.39, 0.29) is 19.2 Å². The molecule has 25 heavy (non-hydrogen) atoms. The number of urea groups is 1. The van der Waals surface area contributed by atoms with Crippen LogP contribution in [-0.4, -0.2) is 53.1 Å². The molecule has 0 spiro atoms. The molecule has 1 aromatic rings. The molecular formula is C17H21N3O5. The fourth-order valence-corrected chi connectivity index (χ4v) is 2.83. The van der Waals surface area contributed by atoms with E-state index >= 15 is 0 Å². The second-order valence-corrected chi connectivity index (χ2v) is 6.54. The highest BCUT2D eigenvalue weighted by Crippen LogP contribution is 2.32. The van der Waals surface area contributed by atoms with E-state index in [1.165, 1.54) is 0 Å². The molecule has 0 unspecified atom stereocenters. The number of rotatable bonds is 5. The van der Waals surface area contributed by atoms with Crippen molar-refractivity contribution >= 4 is 17.8 Å². The van der Waals surface area contributed by atoms with Crippen molar-refractivity contribution in [3.8, 4) is 11.5 Å². The van der Waals surface area contributed by atoms with Gasteiger partial charge < -0.3 is 19.7 Å². The average Bonchev–Trinajstić information content (AvgIpc) is 3.10. The number of imide groups is 1. The zero-order valence-electron chi connectivity index (χ0n) is 14.5. The van der Waals surface area contributed by atoms with Crippen LogP contribution in [0.4, 0.5) is 4.79 Å². The number of likely N-dealkylation sites (N-methyl/N-ethyl adjacent to an activating group) is 1. The zero-order chi connectivity index (χ0) is 18.2. The Morgan fingerprint density at radius 1 is 1.28 bits per heavy atom. The van der Waals surface area contributed by atoms with E-state index in [4.69, 9.17) is 9.47 Å². The van der Waals surface area contributed by atoms with Crippen molar-refractivity contribution in [2.45, 2.75) is 32.9 Å². The Morgan fingerprint density at radius 3 is 2.64 bits per heavy atom. The van der Waals surface area contributed by atoms with Gasteiger partial charge in [0.2, 0.25) is 12.7 Å². The van der Waals surface area contributed by atoms with Crippen LogP contribution >= 0.6 is 0 Å². The maximum absolute atomic E-state index is 12.6. The van der Waals surface area contributed by atoms with E-state index in [2.05, 4.69) is 5.32 Å². The number of carbonyl (C=O) groups excluding carboxylic acids is 3. The van der Waals surface area contributed by atoms with Gasteiger partial charge in [-0.3, -0.25) is 14.5 Å². The van der Waals surface area contributed by atoms with Gasteiger partial charge in [0, 0.05) is 13.1 Å². The van der Waals surface area contributed by atoms with Crippen LogP contribution in [0.25, 0.3) is 0 Å². The summed E-state index contributed by atoms with van der Waals surface area (Å²) >= 11 is 0. The largest absolute Gasteiger partial charge is 0.454 e. The fourth-order valence-electron chi connectivity index (χ4n) is 2.83. The number of amides is 4. The summed E-state index contributed by atoms with van der Waals surface area (Å²) in [7, 11) is 0. The van der Waals surface area contributed by atoms with Gasteiger partial charge in [0.05, 0.1) is 0 Å². The Labute approximate surface area is 145 Å². The fraction of sp³-hybridized carbons (Fsp3) is 0.471. The third-order valence-electron chi connectivity index (χ3n) is 4.28. The molecule has 2 aliphatic rings. The van der Waals surface area contributed by atoms with Crippen LogP contribution in [0.2, 0.25) is 0 Å². The van der Waals surface area contributed by atoms with E-state index in [9.17, 15) is 14.4 Å². The van der Waals surface area contributed by atoms with Crippen LogP contribution in [-0.2, 0) is 16.1 Å². The van der Waals surface area contributed by atoms with Crippen molar-refractivity contribution in [2.24, 2.45) is 0 Å². The summed E-state index contributed by atoms with van der Waals surface area (Å²) in [6, 6.07) is 4.95. The van der Waals surface area contributed by atoms with Crippen molar-refractivity contribution in [3.63, 3.8) is 0 Å². The number of hydrogen-bond donors (Lipinski definition) is 1. The smallest absolute Gasteiger partial charge is 0.325 e. The Hall–Kier alpha value is -2.77. The lowest BCUT2D eigenvalue weighted by atomic mass is 10.1. The maximum Gasteiger partial charge on any atom is 0.325 e. The van der Waals surface area contributed by atoms with Crippen molar-refractivity contribution in [1.82, 2.24) is 15.1 Å². The monoisotopic (exact) mass is 347 g/mol. The first-order valence-corrected chi connectivity index (χ1v) is 8.12. The first kappa shape index (κ1) is 17.1. The number of nitrogens with zero attached hydrogens (tertiary/aromatic N) is 2. The van der Waals surface area contributed by atoms with Gasteiger partial charge in [-0.15, -0.1) is 0 Å². The molecule has 0 aromatic heterocycles. The lowest BCUT2D eigenvalue weighted by Crippen LogP contribution is -2.44. The number of carbonyl (C=O) groups is 3. The maximum atomic E-state index is 12.6. The molecule has 2 heterocycles. The molecule has 1 aromatic carbocycles. The first-order valence-electron chi connectivity index (χ1n) is 8.12. The summed E-state index contributed by atoms with van der Waals surface area (Å²) in [6.07, 6.45) is 0. The zero-order valence-corrected chi connectivity index (χ0v) is 14.5. The number of nitrogens with one attached hydrogen (secondary N) is 1. The summed E-state index contributed by atoms with van der Waals surface area (Å²) in [5.74, 6) is 0.642. The molecule has 0 radical (unpaired) electrons. The minimum absolute atomic E-state index is 0.192. The molecule has 1 fully saturated rings. The van der Waals surface area contributed by atoms with Gasteiger partial charge in [-0.1, -0.05) is 6.07 Å². The van der Waals surface area contributed by atoms with E-state index < -0.39 is 17.5 Å². The summed E-state index contributed by atoms with van der Waals surface area (Å²) in [5, 5.41) is 2.57. The standard InChI is InChI=1S/C17H21N3O5/c1-4-19(8-11-5-6-12-13(7-11)25-10-24-12)14(21)9-20-15(22)17(2,3)18-16(20)23/h5-7H,4,8-10H2,1-3H3,(H,18,23). The van der Waals surface area contributed by atoms with Gasteiger partial charge in [-0.25, -0.2) is 4.79 Å². The van der Waals surface area contributed by atoms with Crippen LogP contribution in [0, 0.1) is 0 Å². The molecule has 134 valence electrons. The van der Waals surface area contributed by atoms with Gasteiger partial charge in [0.25, 0.3) is 5.91 Å². The number of fused-ring (bicyclic) bond motifs is 1. The molecule has 2 aliphatic heterocycles. The van der Waals surface area contributed by atoms with Gasteiger partial charge >= 0.3 is 6.03 Å². The molecule has 0 atom stereocenters. The summed E-state index contributed by atoms with van der Waals surface area (Å²) in [4.78, 5) is 39.3. The molecule has 1 saturated heterocycles. The number of benzene rings is 1. The van der Waals surface area contributed by atoms with Gasteiger partial charge in [-0.2, -0.15) is 0 Å². The van der Waals surface area contributed by atoms with Gasteiger partial charge in [0.1, 0.15) is 12.1 Å². The van der Waals surface area contributed by atoms with E-state index in [1.54, 1.807) is 24.8 Å². The van der Waals surface area contributed by atoms with Crippen molar-refractivity contribution < 1.29 is 23.9 Å². The molecule has 0 bridgehead atoms. The second kappa shape index (κ2) is 6.27. The normalized spacial score (nSPS) is 17.6. The van der Waals surface area contributed by atoms with Crippen LogP contribution in [0.15, 0.2) is 18.2 Å². The molecule has 4 amide bonds. The van der Waals surface area contributed by atoms with Crippen molar-refractivity contribution in [1.29, 1.82) is 0 Å². The third-order valence-corrected chi connectivity index (χ3v) is 4.28.